The number of nitrogens with one attached hydrogen (secondary N) is 1. The molecule has 0 unspecified atom stereocenters. The summed E-state index contributed by atoms with van der Waals surface area (Å²) < 4.78 is 0. The van der Waals surface area contributed by atoms with E-state index in [9.17, 15) is 4.79 Å². The van der Waals surface area contributed by atoms with Gasteiger partial charge in [-0.25, -0.2) is 0 Å². The van der Waals surface area contributed by atoms with Gasteiger partial charge in [0.05, 0.1) is 5.41 Å². The molecule has 0 aliphatic carbocycles. The monoisotopic (exact) mass is 273 g/mol. The summed E-state index contributed by atoms with van der Waals surface area (Å²) in [5.74, 6) is -0.0547. The predicted octanol–water partition coefficient (Wildman–Crippen LogP) is 4.26. The van der Waals surface area contributed by atoms with E-state index in [2.05, 4.69) is 5.32 Å². The average molecular weight is 274 g/mol. The highest BCUT2D eigenvalue weighted by Gasteiger charge is 2.29. The molecule has 3 heteroatoms. The summed E-state index contributed by atoms with van der Waals surface area (Å²) in [4.78, 5) is 12.4. The van der Waals surface area contributed by atoms with Crippen LogP contribution in [0.4, 0.5) is 5.69 Å². The molecule has 0 saturated carbocycles. The second-order valence-electron chi connectivity index (χ2n) is 4.96. The molecule has 98 valence electrons. The second kappa shape index (κ2) is 5.45. The van der Waals surface area contributed by atoms with Crippen LogP contribution in [0.2, 0.25) is 5.02 Å². The van der Waals surface area contributed by atoms with Crippen LogP contribution in [-0.2, 0) is 10.2 Å². The van der Waals surface area contributed by atoms with E-state index >= 15 is 0 Å². The zero-order chi connectivity index (χ0) is 13.9. The van der Waals surface area contributed by atoms with E-state index in [0.717, 1.165) is 11.3 Å². The minimum Gasteiger partial charge on any atom is -0.325 e. The van der Waals surface area contributed by atoms with E-state index in [1.165, 1.54) is 0 Å². The zero-order valence-electron chi connectivity index (χ0n) is 11.0. The minimum absolute atomic E-state index is 0.0547. The lowest BCUT2D eigenvalue weighted by molar-refractivity contribution is -0.120. The number of amides is 1. The molecule has 19 heavy (non-hydrogen) atoms. The molecule has 2 rings (SSSR count). The van der Waals surface area contributed by atoms with Crippen LogP contribution in [0.3, 0.4) is 0 Å². The molecule has 2 nitrogen and oxygen atoms in total. The third kappa shape index (κ3) is 3.15. The van der Waals surface area contributed by atoms with Gasteiger partial charge >= 0.3 is 0 Å². The smallest absolute Gasteiger partial charge is 0.234 e. The van der Waals surface area contributed by atoms with Gasteiger partial charge in [0.1, 0.15) is 0 Å². The Balaban J connectivity index is 2.22. The summed E-state index contributed by atoms with van der Waals surface area (Å²) in [5.41, 5.74) is 1.05. The number of carbonyl (C=O) groups is 1. The van der Waals surface area contributed by atoms with Gasteiger partial charge in [-0.05, 0) is 43.7 Å². The van der Waals surface area contributed by atoms with Crippen molar-refractivity contribution < 1.29 is 4.79 Å². The molecular weight excluding hydrogens is 258 g/mol. The number of benzene rings is 2. The minimum atomic E-state index is -0.638. The van der Waals surface area contributed by atoms with Gasteiger partial charge < -0.3 is 5.32 Å². The molecule has 0 atom stereocenters. The Morgan fingerprint density at radius 3 is 2.37 bits per heavy atom. The molecule has 0 spiro atoms. The standard InChI is InChI=1S/C16H16ClNO/c1-16(2,12-7-6-8-13(17)11-12)15(19)18-14-9-4-3-5-10-14/h3-11H,1-2H3,(H,18,19). The number of para-hydroxylation sites is 1. The molecule has 0 heterocycles. The van der Waals surface area contributed by atoms with Gasteiger partial charge in [0, 0.05) is 10.7 Å². The Morgan fingerprint density at radius 2 is 1.74 bits per heavy atom. The van der Waals surface area contributed by atoms with Crippen LogP contribution in [0.1, 0.15) is 19.4 Å². The molecule has 2 aromatic carbocycles. The SMILES string of the molecule is CC(C)(C(=O)Nc1ccccc1)c1cccc(Cl)c1. The Kier molecular flexibility index (Phi) is 3.91. The lowest BCUT2D eigenvalue weighted by Gasteiger charge is -2.24. The fourth-order valence-corrected chi connectivity index (χ4v) is 2.01. The van der Waals surface area contributed by atoms with Gasteiger partial charge in [0.2, 0.25) is 5.91 Å². The van der Waals surface area contributed by atoms with Gasteiger partial charge in [-0.2, -0.15) is 0 Å². The predicted molar refractivity (Wildman–Crippen MR) is 79.5 cm³/mol. The van der Waals surface area contributed by atoms with Crippen molar-refractivity contribution in [1.82, 2.24) is 0 Å². The van der Waals surface area contributed by atoms with E-state index in [4.69, 9.17) is 11.6 Å². The molecule has 0 aliphatic heterocycles. The number of hydrogen-bond acceptors (Lipinski definition) is 1. The van der Waals surface area contributed by atoms with E-state index < -0.39 is 5.41 Å². The van der Waals surface area contributed by atoms with Crippen LogP contribution in [0.5, 0.6) is 0 Å². The first kappa shape index (κ1) is 13.6. The lowest BCUT2D eigenvalue weighted by Crippen LogP contribution is -2.34. The highest BCUT2D eigenvalue weighted by atomic mass is 35.5. The Morgan fingerprint density at radius 1 is 1.05 bits per heavy atom. The van der Waals surface area contributed by atoms with Gasteiger partial charge in [-0.3, -0.25) is 4.79 Å². The summed E-state index contributed by atoms with van der Waals surface area (Å²) in [5, 5.41) is 3.56. The fourth-order valence-electron chi connectivity index (χ4n) is 1.82. The Labute approximate surface area is 118 Å². The number of rotatable bonds is 3. The van der Waals surface area contributed by atoms with Crippen LogP contribution in [0.15, 0.2) is 54.6 Å². The molecule has 0 aromatic heterocycles. The van der Waals surface area contributed by atoms with Crippen molar-refractivity contribution in [2.75, 3.05) is 5.32 Å². The van der Waals surface area contributed by atoms with Crippen LogP contribution >= 0.6 is 11.6 Å². The maximum absolute atomic E-state index is 12.4. The maximum Gasteiger partial charge on any atom is 0.234 e. The fraction of sp³-hybridized carbons (Fsp3) is 0.188. The highest BCUT2D eigenvalue weighted by Crippen LogP contribution is 2.27. The molecule has 2 aromatic rings. The van der Waals surface area contributed by atoms with Crippen LogP contribution < -0.4 is 5.32 Å². The summed E-state index contributed by atoms with van der Waals surface area (Å²) in [7, 11) is 0. The van der Waals surface area contributed by atoms with E-state index in [1.807, 2.05) is 62.4 Å². The van der Waals surface area contributed by atoms with E-state index in [1.54, 1.807) is 6.07 Å². The van der Waals surface area contributed by atoms with Crippen LogP contribution in [0.25, 0.3) is 0 Å². The van der Waals surface area contributed by atoms with E-state index in [0.29, 0.717) is 5.02 Å². The van der Waals surface area contributed by atoms with Crippen molar-refractivity contribution >= 4 is 23.2 Å². The van der Waals surface area contributed by atoms with Crippen molar-refractivity contribution in [3.05, 3.63) is 65.2 Å². The highest BCUT2D eigenvalue weighted by molar-refractivity contribution is 6.30. The number of halogens is 1. The normalized spacial score (nSPS) is 11.1. The van der Waals surface area contributed by atoms with Crippen molar-refractivity contribution in [3.63, 3.8) is 0 Å². The second-order valence-corrected chi connectivity index (χ2v) is 5.39. The van der Waals surface area contributed by atoms with Crippen molar-refractivity contribution in [2.24, 2.45) is 0 Å². The van der Waals surface area contributed by atoms with Gasteiger partial charge in [0.15, 0.2) is 0 Å². The van der Waals surface area contributed by atoms with Gasteiger partial charge in [-0.1, -0.05) is 41.9 Å². The van der Waals surface area contributed by atoms with E-state index in [-0.39, 0.29) is 5.91 Å². The summed E-state index contributed by atoms with van der Waals surface area (Å²) in [6.07, 6.45) is 0. The number of carbonyl (C=O) groups excluding carboxylic acids is 1. The first-order chi connectivity index (χ1) is 9.00. The maximum atomic E-state index is 12.4. The lowest BCUT2D eigenvalue weighted by atomic mass is 9.83. The van der Waals surface area contributed by atoms with Crippen molar-refractivity contribution in [2.45, 2.75) is 19.3 Å². The molecule has 1 N–H and O–H groups in total. The van der Waals surface area contributed by atoms with Crippen LogP contribution in [-0.4, -0.2) is 5.91 Å². The number of hydrogen-bond donors (Lipinski definition) is 1. The molecule has 0 radical (unpaired) electrons. The molecule has 0 bridgehead atoms. The molecule has 1 amide bonds. The first-order valence-electron chi connectivity index (χ1n) is 6.13. The van der Waals surface area contributed by atoms with Gasteiger partial charge in [-0.15, -0.1) is 0 Å². The molecule has 0 saturated heterocycles. The van der Waals surface area contributed by atoms with Gasteiger partial charge in [0.25, 0.3) is 0 Å². The van der Waals surface area contributed by atoms with Crippen LogP contribution in [0, 0.1) is 0 Å². The molecular formula is C16H16ClNO. The number of anilines is 1. The molecule has 0 fully saturated rings. The largest absolute Gasteiger partial charge is 0.325 e. The Hall–Kier alpha value is -1.80. The average Bonchev–Trinajstić information content (AvgIpc) is 2.40. The van der Waals surface area contributed by atoms with Crippen molar-refractivity contribution in [1.29, 1.82) is 0 Å². The summed E-state index contributed by atoms with van der Waals surface area (Å²) in [6.45, 7) is 3.77. The third-order valence-electron chi connectivity index (χ3n) is 3.15. The quantitative estimate of drug-likeness (QED) is 0.890. The third-order valence-corrected chi connectivity index (χ3v) is 3.38. The van der Waals surface area contributed by atoms with Crippen molar-refractivity contribution in [3.8, 4) is 0 Å². The summed E-state index contributed by atoms with van der Waals surface area (Å²) in [6, 6.07) is 16.8. The molecule has 0 aliphatic rings. The first-order valence-corrected chi connectivity index (χ1v) is 6.50. The Bertz CT molecular complexity index is 578. The zero-order valence-corrected chi connectivity index (χ0v) is 11.7. The summed E-state index contributed by atoms with van der Waals surface area (Å²) >= 11 is 5.98. The topological polar surface area (TPSA) is 29.1 Å².